The molecule has 0 spiro atoms. The number of sulfonamides is 1. The van der Waals surface area contributed by atoms with Crippen LogP contribution < -0.4 is 5.32 Å². The molecular weight excluding hydrogens is 310 g/mol. The van der Waals surface area contributed by atoms with Gasteiger partial charge in [0.05, 0.1) is 6.10 Å². The number of β-amino-alcohol motifs (C(OH)–C–C–N with tert-alkyl or cyclic N) is 1. The van der Waals surface area contributed by atoms with Crippen LogP contribution in [0.2, 0.25) is 0 Å². The number of aromatic nitrogens is 1. The van der Waals surface area contributed by atoms with Crippen LogP contribution in [0.15, 0.2) is 29.4 Å². The van der Waals surface area contributed by atoms with Gasteiger partial charge in [-0.15, -0.1) is 0 Å². The minimum Gasteiger partial charge on any atom is -0.389 e. The van der Waals surface area contributed by atoms with Gasteiger partial charge in [0.2, 0.25) is 15.9 Å². The van der Waals surface area contributed by atoms with Crippen LogP contribution in [-0.4, -0.2) is 65.2 Å². The molecule has 2 atom stereocenters. The van der Waals surface area contributed by atoms with E-state index in [2.05, 4.69) is 10.3 Å². The summed E-state index contributed by atoms with van der Waals surface area (Å²) in [5.41, 5.74) is -1.54. The Morgan fingerprint density at radius 2 is 2.32 bits per heavy atom. The Labute approximate surface area is 128 Å². The molecule has 1 aliphatic rings. The third-order valence-corrected chi connectivity index (χ3v) is 5.56. The zero-order valence-corrected chi connectivity index (χ0v) is 13.0. The Morgan fingerprint density at radius 3 is 2.86 bits per heavy atom. The summed E-state index contributed by atoms with van der Waals surface area (Å²) in [4.78, 5) is 14.7. The lowest BCUT2D eigenvalue weighted by Gasteiger charge is -2.41. The van der Waals surface area contributed by atoms with Crippen LogP contribution in [0.3, 0.4) is 0 Å². The SMILES string of the molecule is CC(=O)NC[C@]1(O)CCN(S(=O)(=O)c2cccnc2)C[C@H]1O. The molecule has 2 heterocycles. The second-order valence-electron chi connectivity index (χ2n) is 5.33. The van der Waals surface area contributed by atoms with Gasteiger partial charge in [0.15, 0.2) is 0 Å². The molecule has 0 aromatic carbocycles. The Hall–Kier alpha value is -1.55. The number of nitrogens with zero attached hydrogens (tertiary/aromatic N) is 2. The van der Waals surface area contributed by atoms with Crippen molar-refractivity contribution in [2.24, 2.45) is 0 Å². The fraction of sp³-hybridized carbons (Fsp3) is 0.538. The third-order valence-electron chi connectivity index (χ3n) is 3.71. The number of nitrogens with one attached hydrogen (secondary N) is 1. The Balaban J connectivity index is 2.11. The van der Waals surface area contributed by atoms with Crippen LogP contribution in [0.5, 0.6) is 0 Å². The van der Waals surface area contributed by atoms with Crippen LogP contribution in [0, 0.1) is 0 Å². The first-order valence-electron chi connectivity index (χ1n) is 6.81. The van der Waals surface area contributed by atoms with E-state index in [-0.39, 0.29) is 36.9 Å². The van der Waals surface area contributed by atoms with Gasteiger partial charge >= 0.3 is 0 Å². The van der Waals surface area contributed by atoms with Gasteiger partial charge in [0.25, 0.3) is 0 Å². The fourth-order valence-corrected chi connectivity index (χ4v) is 3.70. The summed E-state index contributed by atoms with van der Waals surface area (Å²) in [5.74, 6) is -0.328. The maximum absolute atomic E-state index is 12.4. The van der Waals surface area contributed by atoms with E-state index >= 15 is 0 Å². The molecule has 1 aromatic heterocycles. The van der Waals surface area contributed by atoms with E-state index < -0.39 is 21.7 Å². The Kier molecular flexibility index (Phi) is 4.81. The van der Waals surface area contributed by atoms with E-state index in [1.165, 1.54) is 31.5 Å². The molecule has 8 nitrogen and oxygen atoms in total. The number of pyridine rings is 1. The topological polar surface area (TPSA) is 120 Å². The van der Waals surface area contributed by atoms with Crippen molar-refractivity contribution in [3.8, 4) is 0 Å². The molecule has 0 unspecified atom stereocenters. The number of aliphatic hydroxyl groups excluding tert-OH is 1. The summed E-state index contributed by atoms with van der Waals surface area (Å²) in [7, 11) is -3.76. The predicted octanol–water partition coefficient (Wildman–Crippen LogP) is -1.30. The molecule has 9 heteroatoms. The van der Waals surface area contributed by atoms with Gasteiger partial charge < -0.3 is 15.5 Å². The van der Waals surface area contributed by atoms with Crippen molar-refractivity contribution >= 4 is 15.9 Å². The standard InChI is InChI=1S/C13H19N3O5S/c1-10(17)15-9-13(19)4-6-16(8-12(13)18)22(20,21)11-3-2-5-14-7-11/h2-3,5,7,12,18-19H,4,6,8-9H2,1H3,(H,15,17)/t12-,13-/m1/s1. The highest BCUT2D eigenvalue weighted by atomic mass is 32.2. The first-order valence-corrected chi connectivity index (χ1v) is 8.25. The molecule has 1 aliphatic heterocycles. The van der Waals surface area contributed by atoms with Gasteiger partial charge in [-0.2, -0.15) is 4.31 Å². The van der Waals surface area contributed by atoms with E-state index in [1.54, 1.807) is 0 Å². The molecule has 1 saturated heterocycles. The van der Waals surface area contributed by atoms with Crippen molar-refractivity contribution in [2.45, 2.75) is 29.9 Å². The van der Waals surface area contributed by atoms with E-state index in [0.717, 1.165) is 4.31 Å². The van der Waals surface area contributed by atoms with Gasteiger partial charge in [-0.1, -0.05) is 0 Å². The maximum atomic E-state index is 12.4. The van der Waals surface area contributed by atoms with Crippen LogP contribution in [-0.2, 0) is 14.8 Å². The lowest BCUT2D eigenvalue weighted by molar-refractivity contribution is -0.126. The molecule has 1 fully saturated rings. The molecular formula is C13H19N3O5S. The van der Waals surface area contributed by atoms with Crippen LogP contribution in [0.1, 0.15) is 13.3 Å². The first kappa shape index (κ1) is 16.8. The molecule has 0 radical (unpaired) electrons. The lowest BCUT2D eigenvalue weighted by Crippen LogP contribution is -2.60. The van der Waals surface area contributed by atoms with Crippen molar-refractivity contribution in [3.05, 3.63) is 24.5 Å². The van der Waals surface area contributed by atoms with Crippen molar-refractivity contribution in [3.63, 3.8) is 0 Å². The molecule has 1 amide bonds. The third kappa shape index (κ3) is 3.43. The second kappa shape index (κ2) is 6.29. The number of piperidine rings is 1. The second-order valence-corrected chi connectivity index (χ2v) is 7.27. The Morgan fingerprint density at radius 1 is 1.59 bits per heavy atom. The Bertz CT molecular complexity index is 636. The highest BCUT2D eigenvalue weighted by Crippen LogP contribution is 2.26. The van der Waals surface area contributed by atoms with Crippen LogP contribution in [0.25, 0.3) is 0 Å². The molecule has 1 aromatic rings. The van der Waals surface area contributed by atoms with Gasteiger partial charge in [-0.3, -0.25) is 9.78 Å². The lowest BCUT2D eigenvalue weighted by atomic mass is 9.89. The van der Waals surface area contributed by atoms with Crippen LogP contribution >= 0.6 is 0 Å². The summed E-state index contributed by atoms with van der Waals surface area (Å²) in [5, 5.41) is 22.9. The van der Waals surface area contributed by atoms with Gasteiger partial charge in [0, 0.05) is 39.0 Å². The summed E-state index contributed by atoms with van der Waals surface area (Å²) >= 11 is 0. The number of carbonyl (C=O) groups is 1. The van der Waals surface area contributed by atoms with Gasteiger partial charge in [-0.25, -0.2) is 8.42 Å². The molecule has 3 N–H and O–H groups in total. The number of rotatable bonds is 4. The van der Waals surface area contributed by atoms with Crippen molar-refractivity contribution in [1.29, 1.82) is 0 Å². The van der Waals surface area contributed by atoms with Crippen LogP contribution in [0.4, 0.5) is 0 Å². The quantitative estimate of drug-likeness (QED) is 0.632. The zero-order chi connectivity index (χ0) is 16.4. The van der Waals surface area contributed by atoms with Crippen molar-refractivity contribution in [2.75, 3.05) is 19.6 Å². The summed E-state index contributed by atoms with van der Waals surface area (Å²) < 4.78 is 26.0. The highest BCUT2D eigenvalue weighted by Gasteiger charge is 2.44. The largest absolute Gasteiger partial charge is 0.389 e. The molecule has 0 aliphatic carbocycles. The van der Waals surface area contributed by atoms with Crippen molar-refractivity contribution in [1.82, 2.24) is 14.6 Å². The fourth-order valence-electron chi connectivity index (χ4n) is 2.29. The van der Waals surface area contributed by atoms with E-state index in [4.69, 9.17) is 0 Å². The number of hydrogen-bond acceptors (Lipinski definition) is 6. The minimum absolute atomic E-state index is 0.0218. The number of amides is 1. The van der Waals surface area contributed by atoms with Gasteiger partial charge in [0.1, 0.15) is 10.5 Å². The predicted molar refractivity (Wildman–Crippen MR) is 77.3 cm³/mol. The monoisotopic (exact) mass is 329 g/mol. The smallest absolute Gasteiger partial charge is 0.244 e. The number of hydrogen-bond donors (Lipinski definition) is 3. The van der Waals surface area contributed by atoms with Crippen molar-refractivity contribution < 1.29 is 23.4 Å². The number of aliphatic hydroxyl groups is 2. The first-order chi connectivity index (χ1) is 10.3. The molecule has 22 heavy (non-hydrogen) atoms. The molecule has 2 rings (SSSR count). The molecule has 122 valence electrons. The van der Waals surface area contributed by atoms with E-state index in [0.29, 0.717) is 0 Å². The summed E-state index contributed by atoms with van der Waals surface area (Å²) in [6, 6.07) is 2.94. The molecule has 0 saturated carbocycles. The zero-order valence-electron chi connectivity index (χ0n) is 12.1. The summed E-state index contributed by atoms with van der Waals surface area (Å²) in [6.07, 6.45) is 1.43. The average Bonchev–Trinajstić information content (AvgIpc) is 2.49. The van der Waals surface area contributed by atoms with E-state index in [9.17, 15) is 23.4 Å². The molecule has 0 bridgehead atoms. The van der Waals surface area contributed by atoms with E-state index in [1.807, 2.05) is 0 Å². The normalized spacial score (nSPS) is 26.6. The highest BCUT2D eigenvalue weighted by molar-refractivity contribution is 7.89. The minimum atomic E-state index is -3.76. The average molecular weight is 329 g/mol. The maximum Gasteiger partial charge on any atom is 0.244 e. The number of carbonyl (C=O) groups excluding carboxylic acids is 1. The van der Waals surface area contributed by atoms with Gasteiger partial charge in [-0.05, 0) is 18.6 Å². The summed E-state index contributed by atoms with van der Waals surface area (Å²) in [6.45, 7) is 0.986.